The number of fused-ring (bicyclic) bond motifs is 7. The summed E-state index contributed by atoms with van der Waals surface area (Å²) in [4.78, 5) is 10.7. The van der Waals surface area contributed by atoms with E-state index in [2.05, 4.69) is 167 Å². The molecule has 0 N–H and O–H groups in total. The van der Waals surface area contributed by atoms with Gasteiger partial charge in [-0.3, -0.25) is 9.13 Å². The molecule has 4 nitrogen and oxygen atoms in total. The minimum Gasteiger partial charge on any atom is -0.292 e. The highest BCUT2D eigenvalue weighted by atomic mass is 32.1. The lowest BCUT2D eigenvalue weighted by molar-refractivity contribution is 0.984. The lowest BCUT2D eigenvalue weighted by Crippen LogP contribution is -1.99. The fourth-order valence-corrected chi connectivity index (χ4v) is 9.02. The summed E-state index contributed by atoms with van der Waals surface area (Å²) in [6.07, 6.45) is 6.65. The number of rotatable bonds is 4. The summed E-state index contributed by atoms with van der Waals surface area (Å²) in [6, 6.07) is 52.4. The van der Waals surface area contributed by atoms with Crippen molar-refractivity contribution in [3.05, 3.63) is 163 Å². The van der Waals surface area contributed by atoms with Crippen LogP contribution in [0.4, 0.5) is 0 Å². The van der Waals surface area contributed by atoms with E-state index in [1.807, 2.05) is 11.3 Å². The molecule has 7 aromatic carbocycles. The molecule has 0 fully saturated rings. The number of aryl methyl sites for hydroxylation is 1. The van der Waals surface area contributed by atoms with Crippen LogP contribution in [0.2, 0.25) is 0 Å². The molecule has 5 heteroatoms. The first kappa shape index (κ1) is 28.5. The highest BCUT2D eigenvalue weighted by molar-refractivity contribution is 7.26. The van der Waals surface area contributed by atoms with Crippen LogP contribution in [-0.2, 0) is 6.42 Å². The summed E-state index contributed by atoms with van der Waals surface area (Å²) in [5.74, 6) is 1.91. The van der Waals surface area contributed by atoms with Crippen LogP contribution in [0.15, 0.2) is 152 Å². The van der Waals surface area contributed by atoms with E-state index < -0.39 is 0 Å². The number of nitrogens with zero attached hydrogens (tertiary/aromatic N) is 4. The summed E-state index contributed by atoms with van der Waals surface area (Å²) in [5, 5.41) is 4.86. The van der Waals surface area contributed by atoms with Gasteiger partial charge in [-0.05, 0) is 95.4 Å². The summed E-state index contributed by atoms with van der Waals surface area (Å²) in [5.41, 5.74) is 11.3. The molecule has 0 unspecified atom stereocenters. The topological polar surface area (TPSA) is 35.6 Å². The zero-order valence-electron chi connectivity index (χ0n) is 27.6. The second kappa shape index (κ2) is 11.1. The number of benzene rings is 7. The van der Waals surface area contributed by atoms with Gasteiger partial charge >= 0.3 is 0 Å². The molecular formula is C46H30N4S. The van der Waals surface area contributed by atoms with Gasteiger partial charge in [-0.15, -0.1) is 11.3 Å². The molecule has 1 aliphatic rings. The fraction of sp³-hybridized carbons (Fsp3) is 0.0435. The molecule has 0 saturated carbocycles. The van der Waals surface area contributed by atoms with Crippen molar-refractivity contribution in [2.45, 2.75) is 12.8 Å². The van der Waals surface area contributed by atoms with E-state index in [0.717, 1.165) is 69.1 Å². The van der Waals surface area contributed by atoms with E-state index in [1.165, 1.54) is 42.1 Å². The zero-order chi connectivity index (χ0) is 33.5. The molecule has 3 heterocycles. The molecule has 240 valence electrons. The number of para-hydroxylation sites is 2. The SMILES string of the molecule is C1=Cc2ccc(-c3nc4cc5c(cc4n3-c3ccccc3)sc3cc4c(cc35)nc(-c3ccc5ccccc5c3)n4-c3ccccc3)cc2CC1. The van der Waals surface area contributed by atoms with E-state index in [9.17, 15) is 0 Å². The van der Waals surface area contributed by atoms with Crippen LogP contribution >= 0.6 is 11.3 Å². The fourth-order valence-electron chi connectivity index (χ4n) is 7.88. The maximum absolute atomic E-state index is 5.36. The second-order valence-electron chi connectivity index (χ2n) is 13.4. The monoisotopic (exact) mass is 670 g/mol. The van der Waals surface area contributed by atoms with Crippen molar-refractivity contribution in [1.29, 1.82) is 0 Å². The van der Waals surface area contributed by atoms with Crippen LogP contribution in [0.3, 0.4) is 0 Å². The summed E-state index contributed by atoms with van der Waals surface area (Å²) in [7, 11) is 0. The number of hydrogen-bond acceptors (Lipinski definition) is 3. The van der Waals surface area contributed by atoms with Gasteiger partial charge in [0.15, 0.2) is 0 Å². The van der Waals surface area contributed by atoms with Crippen molar-refractivity contribution in [3.8, 4) is 34.2 Å². The van der Waals surface area contributed by atoms with Crippen molar-refractivity contribution < 1.29 is 0 Å². The third-order valence-electron chi connectivity index (χ3n) is 10.3. The minimum atomic E-state index is 0.943. The van der Waals surface area contributed by atoms with Gasteiger partial charge in [0.2, 0.25) is 0 Å². The molecule has 0 spiro atoms. The van der Waals surface area contributed by atoms with Crippen molar-refractivity contribution in [2.75, 3.05) is 0 Å². The first-order chi connectivity index (χ1) is 25.2. The van der Waals surface area contributed by atoms with Crippen LogP contribution in [0.5, 0.6) is 0 Å². The highest BCUT2D eigenvalue weighted by Gasteiger charge is 2.21. The quantitative estimate of drug-likeness (QED) is 0.187. The van der Waals surface area contributed by atoms with Crippen LogP contribution < -0.4 is 0 Å². The summed E-state index contributed by atoms with van der Waals surface area (Å²) in [6.45, 7) is 0. The Morgan fingerprint density at radius 3 is 1.73 bits per heavy atom. The molecule has 0 aliphatic heterocycles. The molecule has 0 atom stereocenters. The van der Waals surface area contributed by atoms with Crippen LogP contribution in [0, 0.1) is 0 Å². The zero-order valence-corrected chi connectivity index (χ0v) is 28.4. The Hall–Kier alpha value is -6.30. The first-order valence-corrected chi connectivity index (χ1v) is 18.3. The molecule has 1 aliphatic carbocycles. The number of hydrogen-bond donors (Lipinski definition) is 0. The smallest absolute Gasteiger partial charge is 0.145 e. The number of allylic oxidation sites excluding steroid dienone is 1. The third-order valence-corrected chi connectivity index (χ3v) is 11.5. The molecule has 0 radical (unpaired) electrons. The van der Waals surface area contributed by atoms with E-state index >= 15 is 0 Å². The predicted molar refractivity (Wildman–Crippen MR) is 214 cm³/mol. The lowest BCUT2D eigenvalue weighted by Gasteiger charge is -2.14. The molecule has 11 rings (SSSR count). The van der Waals surface area contributed by atoms with Gasteiger partial charge in [0.25, 0.3) is 0 Å². The average molecular weight is 671 g/mol. The molecule has 3 aromatic heterocycles. The van der Waals surface area contributed by atoms with E-state index in [4.69, 9.17) is 9.97 Å². The molecule has 0 saturated heterocycles. The van der Waals surface area contributed by atoms with Crippen molar-refractivity contribution >= 4 is 70.4 Å². The number of aromatic nitrogens is 4. The Bertz CT molecular complexity index is 3020. The Balaban J connectivity index is 1.14. The predicted octanol–water partition coefficient (Wildman–Crippen LogP) is 12.2. The molecule has 10 aromatic rings. The summed E-state index contributed by atoms with van der Waals surface area (Å²) >= 11 is 1.84. The molecular weight excluding hydrogens is 641 g/mol. The third kappa shape index (κ3) is 4.52. The van der Waals surface area contributed by atoms with Gasteiger partial charge in [0.05, 0.1) is 22.1 Å². The summed E-state index contributed by atoms with van der Waals surface area (Å²) < 4.78 is 7.12. The lowest BCUT2D eigenvalue weighted by atomic mass is 9.95. The van der Waals surface area contributed by atoms with Crippen LogP contribution in [-0.4, -0.2) is 19.1 Å². The van der Waals surface area contributed by atoms with Gasteiger partial charge in [0.1, 0.15) is 11.6 Å². The van der Waals surface area contributed by atoms with E-state index in [-0.39, 0.29) is 0 Å². The van der Waals surface area contributed by atoms with Crippen molar-refractivity contribution in [2.24, 2.45) is 0 Å². The van der Waals surface area contributed by atoms with Gasteiger partial charge in [-0.25, -0.2) is 9.97 Å². The minimum absolute atomic E-state index is 0.943. The van der Waals surface area contributed by atoms with Crippen LogP contribution in [0.25, 0.3) is 93.2 Å². The molecule has 51 heavy (non-hydrogen) atoms. The molecule has 0 amide bonds. The number of thiophene rings is 1. The standard InChI is InChI=1S/C46H30N4S/c1-3-15-35(16-4-1)49-41-27-43-37(25-39(41)47-45(49)33-21-19-29-11-7-9-13-31(29)23-33)38-26-40-42(28-44(38)51-43)50(36-17-5-2-6-18-36)46(48-40)34-22-20-30-12-8-10-14-32(30)24-34/h1-9,11-13,15-28H,10,14H2. The largest absolute Gasteiger partial charge is 0.292 e. The Labute approximate surface area is 298 Å². The maximum atomic E-state index is 5.36. The first-order valence-electron chi connectivity index (χ1n) is 17.5. The van der Waals surface area contributed by atoms with Crippen molar-refractivity contribution in [1.82, 2.24) is 19.1 Å². The Kier molecular flexibility index (Phi) is 6.21. The van der Waals surface area contributed by atoms with E-state index in [1.54, 1.807) is 0 Å². The highest BCUT2D eigenvalue weighted by Crippen LogP contribution is 2.42. The Morgan fingerprint density at radius 1 is 0.510 bits per heavy atom. The van der Waals surface area contributed by atoms with Gasteiger partial charge in [-0.1, -0.05) is 97.1 Å². The normalized spacial score (nSPS) is 12.9. The molecule has 0 bridgehead atoms. The van der Waals surface area contributed by atoms with Gasteiger partial charge in [0, 0.05) is 42.7 Å². The van der Waals surface area contributed by atoms with Gasteiger partial charge < -0.3 is 0 Å². The second-order valence-corrected chi connectivity index (χ2v) is 14.5. The Morgan fingerprint density at radius 2 is 1.08 bits per heavy atom. The number of imidazole rings is 2. The van der Waals surface area contributed by atoms with Crippen LogP contribution in [0.1, 0.15) is 17.5 Å². The van der Waals surface area contributed by atoms with E-state index in [0.29, 0.717) is 0 Å². The maximum Gasteiger partial charge on any atom is 0.145 e. The van der Waals surface area contributed by atoms with Crippen molar-refractivity contribution in [3.63, 3.8) is 0 Å². The average Bonchev–Trinajstić information content (AvgIpc) is 3.87. The van der Waals surface area contributed by atoms with Gasteiger partial charge in [-0.2, -0.15) is 0 Å².